The lowest BCUT2D eigenvalue weighted by Crippen LogP contribution is -2.33. The summed E-state index contributed by atoms with van der Waals surface area (Å²) in [6.07, 6.45) is 3.78. The van der Waals surface area contributed by atoms with Gasteiger partial charge in [0.1, 0.15) is 12.4 Å². The second-order valence-corrected chi connectivity index (χ2v) is 8.69. The van der Waals surface area contributed by atoms with Crippen molar-refractivity contribution in [1.29, 1.82) is 0 Å². The van der Waals surface area contributed by atoms with E-state index >= 15 is 0 Å². The molecule has 3 aromatic heterocycles. The van der Waals surface area contributed by atoms with E-state index in [1.807, 2.05) is 24.3 Å². The Bertz CT molecular complexity index is 1230. The van der Waals surface area contributed by atoms with Gasteiger partial charge >= 0.3 is 0 Å². The Balaban J connectivity index is 1.14. The highest BCUT2D eigenvalue weighted by atomic mass is 35.5. The summed E-state index contributed by atoms with van der Waals surface area (Å²) < 4.78 is 19.8. The number of halogens is 2. The van der Waals surface area contributed by atoms with Crippen LogP contribution in [0, 0.1) is 5.82 Å². The van der Waals surface area contributed by atoms with Crippen molar-refractivity contribution in [3.05, 3.63) is 82.5 Å². The van der Waals surface area contributed by atoms with Crippen molar-refractivity contribution in [3.8, 4) is 17.3 Å². The minimum absolute atomic E-state index is 0.108. The van der Waals surface area contributed by atoms with Crippen molar-refractivity contribution in [3.63, 3.8) is 0 Å². The number of benzene rings is 1. The van der Waals surface area contributed by atoms with Crippen LogP contribution in [0.1, 0.15) is 35.7 Å². The van der Waals surface area contributed by atoms with Gasteiger partial charge in [0.2, 0.25) is 11.7 Å². The van der Waals surface area contributed by atoms with Gasteiger partial charge in [-0.3, -0.25) is 9.88 Å². The fourth-order valence-corrected chi connectivity index (χ4v) is 4.24. The minimum Gasteiger partial charge on any atom is -0.473 e. The zero-order chi connectivity index (χ0) is 23.3. The van der Waals surface area contributed by atoms with Crippen molar-refractivity contribution in [2.24, 2.45) is 0 Å². The maximum atomic E-state index is 14.0. The summed E-state index contributed by atoms with van der Waals surface area (Å²) in [5.74, 6) is 1.02. The summed E-state index contributed by atoms with van der Waals surface area (Å²) in [6, 6.07) is 14.3. The molecule has 0 atom stereocenters. The number of tetrazole rings is 1. The third-order valence-electron chi connectivity index (χ3n) is 5.96. The zero-order valence-electron chi connectivity index (χ0n) is 18.4. The Morgan fingerprint density at radius 3 is 2.74 bits per heavy atom. The number of rotatable bonds is 7. The molecule has 4 aromatic rings. The maximum absolute atomic E-state index is 14.0. The van der Waals surface area contributed by atoms with Gasteiger partial charge in [0.05, 0.1) is 5.69 Å². The number of hydrogen-bond acceptors (Lipinski definition) is 7. The monoisotopic (exact) mass is 479 g/mol. The summed E-state index contributed by atoms with van der Waals surface area (Å²) in [5, 5.41) is 14.3. The van der Waals surface area contributed by atoms with E-state index in [1.54, 1.807) is 24.4 Å². The summed E-state index contributed by atoms with van der Waals surface area (Å²) in [7, 11) is 0. The van der Waals surface area contributed by atoms with Crippen LogP contribution in [0.15, 0.2) is 54.7 Å². The number of H-pyrrole nitrogens is 1. The van der Waals surface area contributed by atoms with Gasteiger partial charge in [-0.25, -0.2) is 9.37 Å². The van der Waals surface area contributed by atoms with Gasteiger partial charge < -0.3 is 4.74 Å². The largest absolute Gasteiger partial charge is 0.473 e. The second kappa shape index (κ2) is 10.2. The molecular weight excluding hydrogens is 457 g/mol. The van der Waals surface area contributed by atoms with Crippen LogP contribution in [0.2, 0.25) is 5.02 Å². The van der Waals surface area contributed by atoms with Gasteiger partial charge in [0.25, 0.3) is 0 Å². The fourth-order valence-electron chi connectivity index (χ4n) is 4.08. The molecule has 1 aromatic carbocycles. The summed E-state index contributed by atoms with van der Waals surface area (Å²) >= 11 is 5.81. The molecule has 0 unspecified atom stereocenters. The van der Waals surface area contributed by atoms with Crippen LogP contribution in [0.25, 0.3) is 11.4 Å². The minimum atomic E-state index is -0.380. The van der Waals surface area contributed by atoms with Crippen LogP contribution in [0.5, 0.6) is 5.88 Å². The van der Waals surface area contributed by atoms with E-state index in [9.17, 15) is 4.39 Å². The predicted molar refractivity (Wildman–Crippen MR) is 125 cm³/mol. The molecule has 0 saturated carbocycles. The second-order valence-electron chi connectivity index (χ2n) is 8.25. The van der Waals surface area contributed by atoms with Crippen LogP contribution in [-0.4, -0.2) is 48.6 Å². The average molecular weight is 480 g/mol. The average Bonchev–Trinajstić information content (AvgIpc) is 3.40. The van der Waals surface area contributed by atoms with Crippen molar-refractivity contribution >= 4 is 11.6 Å². The van der Waals surface area contributed by atoms with Crippen LogP contribution < -0.4 is 4.74 Å². The molecular formula is C24H23ClFN7O. The molecule has 8 nitrogen and oxygen atoms in total. The Labute approximate surface area is 201 Å². The number of hydrogen-bond donors (Lipinski definition) is 1. The van der Waals surface area contributed by atoms with Gasteiger partial charge in [-0.15, -0.1) is 10.2 Å². The molecule has 1 N–H and O–H groups in total. The zero-order valence-corrected chi connectivity index (χ0v) is 19.1. The van der Waals surface area contributed by atoms with Crippen LogP contribution in [0.4, 0.5) is 4.39 Å². The SMILES string of the molecule is Fc1cc(Cl)ccc1COc1cccc(C2CCN(Cc3ccc(-c4nn[nH]n4)cn3)CC2)n1. The van der Waals surface area contributed by atoms with E-state index < -0.39 is 0 Å². The highest BCUT2D eigenvalue weighted by molar-refractivity contribution is 6.30. The van der Waals surface area contributed by atoms with Gasteiger partial charge in [0.15, 0.2) is 0 Å². The highest BCUT2D eigenvalue weighted by Crippen LogP contribution is 2.29. The normalized spacial score (nSPS) is 14.9. The third kappa shape index (κ3) is 5.37. The van der Waals surface area contributed by atoms with Crippen molar-refractivity contribution < 1.29 is 9.13 Å². The fraction of sp³-hybridized carbons (Fsp3) is 0.292. The first-order valence-electron chi connectivity index (χ1n) is 11.1. The van der Waals surface area contributed by atoms with Gasteiger partial charge in [-0.2, -0.15) is 5.21 Å². The van der Waals surface area contributed by atoms with E-state index in [4.69, 9.17) is 16.3 Å². The molecule has 5 rings (SSSR count). The molecule has 10 heteroatoms. The predicted octanol–water partition coefficient (Wildman–Crippen LogP) is 4.41. The number of nitrogens with one attached hydrogen (secondary N) is 1. The van der Waals surface area contributed by atoms with Crippen molar-refractivity contribution in [1.82, 2.24) is 35.5 Å². The van der Waals surface area contributed by atoms with Crippen LogP contribution in [-0.2, 0) is 13.2 Å². The van der Waals surface area contributed by atoms with E-state index in [0.29, 0.717) is 28.2 Å². The molecule has 0 amide bonds. The molecule has 1 fully saturated rings. The molecule has 1 aliphatic heterocycles. The molecule has 174 valence electrons. The topological polar surface area (TPSA) is 92.7 Å². The lowest BCUT2D eigenvalue weighted by molar-refractivity contribution is 0.200. The lowest BCUT2D eigenvalue weighted by atomic mass is 9.93. The highest BCUT2D eigenvalue weighted by Gasteiger charge is 2.22. The number of nitrogens with zero attached hydrogens (tertiary/aromatic N) is 6. The molecule has 0 bridgehead atoms. The molecule has 1 saturated heterocycles. The molecule has 0 spiro atoms. The Morgan fingerprint density at radius 1 is 1.12 bits per heavy atom. The number of aromatic nitrogens is 6. The van der Waals surface area contributed by atoms with E-state index in [2.05, 4.69) is 35.5 Å². The molecule has 1 aliphatic rings. The van der Waals surface area contributed by atoms with E-state index in [0.717, 1.165) is 49.4 Å². The number of aromatic amines is 1. The molecule has 0 aliphatic carbocycles. The number of likely N-dealkylation sites (tertiary alicyclic amines) is 1. The van der Waals surface area contributed by atoms with Gasteiger partial charge in [-0.05, 0) is 61.5 Å². The van der Waals surface area contributed by atoms with Gasteiger partial charge in [-0.1, -0.05) is 23.7 Å². The Morgan fingerprint density at radius 2 is 2.00 bits per heavy atom. The first kappa shape index (κ1) is 22.4. The summed E-state index contributed by atoms with van der Waals surface area (Å²) in [4.78, 5) is 11.6. The van der Waals surface area contributed by atoms with E-state index in [1.165, 1.54) is 6.07 Å². The van der Waals surface area contributed by atoms with Crippen molar-refractivity contribution in [2.45, 2.75) is 31.9 Å². The number of ether oxygens (including phenoxy) is 1. The number of pyridine rings is 2. The van der Waals surface area contributed by atoms with E-state index in [-0.39, 0.29) is 12.4 Å². The Hall–Kier alpha value is -3.43. The van der Waals surface area contributed by atoms with Crippen LogP contribution in [0.3, 0.4) is 0 Å². The first-order valence-corrected chi connectivity index (χ1v) is 11.5. The standard InChI is InChI=1S/C24H23ClFN7O/c25-19-6-4-18(21(26)12-19)15-34-23-3-1-2-22(28-23)16-8-10-33(11-9-16)14-20-7-5-17(13-27-20)24-29-31-32-30-24/h1-7,12-13,16H,8-11,14-15H2,(H,29,30,31,32). The summed E-state index contributed by atoms with van der Waals surface area (Å²) in [5.41, 5.74) is 3.30. The van der Waals surface area contributed by atoms with Gasteiger partial charge in [0, 0.05) is 46.6 Å². The first-order chi connectivity index (χ1) is 16.6. The van der Waals surface area contributed by atoms with Crippen molar-refractivity contribution in [2.75, 3.05) is 13.1 Å². The third-order valence-corrected chi connectivity index (χ3v) is 6.19. The Kier molecular flexibility index (Phi) is 6.73. The molecule has 4 heterocycles. The lowest BCUT2D eigenvalue weighted by Gasteiger charge is -2.31. The maximum Gasteiger partial charge on any atom is 0.213 e. The number of piperidine rings is 1. The molecule has 0 radical (unpaired) electrons. The molecule has 34 heavy (non-hydrogen) atoms. The summed E-state index contributed by atoms with van der Waals surface area (Å²) in [6.45, 7) is 2.82. The quantitative estimate of drug-likeness (QED) is 0.419. The van der Waals surface area contributed by atoms with Crippen LogP contribution >= 0.6 is 11.6 Å². The smallest absolute Gasteiger partial charge is 0.213 e.